The second kappa shape index (κ2) is 4.77. The van der Waals surface area contributed by atoms with Gasteiger partial charge in [0.2, 0.25) is 8.32 Å². The minimum atomic E-state index is -1.80. The van der Waals surface area contributed by atoms with Crippen molar-refractivity contribution in [1.29, 1.82) is 0 Å². The lowest BCUT2D eigenvalue weighted by molar-refractivity contribution is 0.491. The van der Waals surface area contributed by atoms with Crippen molar-refractivity contribution in [3.05, 3.63) is 34.7 Å². The van der Waals surface area contributed by atoms with Gasteiger partial charge in [0.25, 0.3) is 0 Å². The Hall–Kier alpha value is -1.27. The van der Waals surface area contributed by atoms with Gasteiger partial charge in [-0.15, -0.1) is 0 Å². The molecule has 0 bridgehead atoms. The molecule has 98 valence electrons. The summed E-state index contributed by atoms with van der Waals surface area (Å²) >= 11 is 0. The summed E-state index contributed by atoms with van der Waals surface area (Å²) in [6.07, 6.45) is 0. The summed E-state index contributed by atoms with van der Waals surface area (Å²) in [5, 5.41) is 0.188. The van der Waals surface area contributed by atoms with Crippen LogP contribution < -0.4 is 4.43 Å². The molecule has 1 rings (SSSR count). The van der Waals surface area contributed by atoms with Gasteiger partial charge in [0.1, 0.15) is 5.75 Å². The number of hydrogen-bond acceptors (Lipinski definition) is 1. The zero-order chi connectivity index (χ0) is 14.1. The molecule has 3 heteroatoms. The van der Waals surface area contributed by atoms with Crippen LogP contribution in [-0.4, -0.2) is 8.32 Å². The van der Waals surface area contributed by atoms with E-state index in [4.69, 9.17) is 11.0 Å². The lowest BCUT2D eigenvalue weighted by atomic mass is 10.1. The monoisotopic (exact) mass is 262 g/mol. The van der Waals surface area contributed by atoms with Crippen LogP contribution in [0.3, 0.4) is 0 Å². The van der Waals surface area contributed by atoms with Crippen LogP contribution in [0.15, 0.2) is 12.1 Å². The molecule has 1 aromatic carbocycles. The Labute approximate surface area is 112 Å². The van der Waals surface area contributed by atoms with Crippen molar-refractivity contribution < 1.29 is 4.43 Å². The van der Waals surface area contributed by atoms with Crippen LogP contribution in [0, 0.1) is 20.4 Å². The lowest BCUT2D eigenvalue weighted by Crippen LogP contribution is -2.43. The molecule has 0 aromatic heterocycles. The molecule has 0 atom stereocenters. The first kappa shape index (κ1) is 14.8. The van der Waals surface area contributed by atoms with E-state index < -0.39 is 8.32 Å². The third kappa shape index (κ3) is 2.94. The molecule has 0 aliphatic rings. The minimum absolute atomic E-state index is 0.188. The molecule has 0 saturated heterocycles. The van der Waals surface area contributed by atoms with E-state index in [0.717, 1.165) is 22.6 Å². The van der Waals surface area contributed by atoms with Gasteiger partial charge in [-0.2, -0.15) is 0 Å². The van der Waals surface area contributed by atoms with E-state index in [1.165, 1.54) is 0 Å². The predicted molar refractivity (Wildman–Crippen MR) is 80.0 cm³/mol. The normalized spacial score (nSPS) is 12.1. The van der Waals surface area contributed by atoms with Gasteiger partial charge in [-0.05, 0) is 55.2 Å². The van der Waals surface area contributed by atoms with Gasteiger partial charge in [0.05, 0.1) is 6.57 Å². The lowest BCUT2D eigenvalue weighted by Gasteiger charge is -2.36. The fraction of sp³-hybridized carbons (Fsp3) is 0.533. The molecule has 0 aliphatic heterocycles. The predicted octanol–water partition coefficient (Wildman–Crippen LogP) is 5.24. The second-order valence-corrected chi connectivity index (χ2v) is 11.1. The highest BCUT2D eigenvalue weighted by atomic mass is 28.4. The molecule has 0 amide bonds. The SMILES string of the molecule is Cc1cc(O[Si](C)(C)C(C)(C)C)cc(C)c1[N+]#[13C-]. The molecule has 0 radical (unpaired) electrons. The van der Waals surface area contributed by atoms with E-state index in [1.807, 2.05) is 26.0 Å². The summed E-state index contributed by atoms with van der Waals surface area (Å²) in [4.78, 5) is 3.56. The summed E-state index contributed by atoms with van der Waals surface area (Å²) in [5.41, 5.74) is 2.75. The number of benzene rings is 1. The molecule has 2 nitrogen and oxygen atoms in total. The first-order valence-electron chi connectivity index (χ1n) is 6.26. The average molecular weight is 262 g/mol. The van der Waals surface area contributed by atoms with E-state index in [2.05, 4.69) is 38.7 Å². The standard InChI is InChI=1S/C15H23NOSi/c1-11-9-13(10-12(2)14(11)16-6)17-18(7,8)15(3,4)5/h9-10H,1-5,7-8H3/i6+1. The van der Waals surface area contributed by atoms with Gasteiger partial charge in [-0.25, -0.2) is 4.85 Å². The van der Waals surface area contributed by atoms with Crippen LogP contribution in [-0.2, 0) is 0 Å². The van der Waals surface area contributed by atoms with Crippen molar-refractivity contribution in [1.82, 2.24) is 0 Å². The fourth-order valence-electron chi connectivity index (χ4n) is 1.60. The van der Waals surface area contributed by atoms with Gasteiger partial charge in [-0.1, -0.05) is 20.8 Å². The van der Waals surface area contributed by atoms with E-state index in [1.54, 1.807) is 0 Å². The summed E-state index contributed by atoms with van der Waals surface area (Å²) < 4.78 is 6.26. The number of hydrogen-bond donors (Lipinski definition) is 0. The quantitative estimate of drug-likeness (QED) is 0.404. The highest BCUT2D eigenvalue weighted by Gasteiger charge is 2.39. The highest BCUT2D eigenvalue weighted by molar-refractivity contribution is 6.74. The summed E-state index contributed by atoms with van der Waals surface area (Å²) in [6.45, 7) is 22.3. The zero-order valence-corrected chi connectivity index (χ0v) is 13.5. The molecule has 0 heterocycles. The number of aryl methyl sites for hydroxylation is 2. The summed E-state index contributed by atoms with van der Waals surface area (Å²) in [5.74, 6) is 0.906. The molecular weight excluding hydrogens is 239 g/mol. The Morgan fingerprint density at radius 1 is 1.11 bits per heavy atom. The Bertz CT molecular complexity index is 469. The largest absolute Gasteiger partial charge is 0.544 e. The number of rotatable bonds is 2. The van der Waals surface area contributed by atoms with Crippen molar-refractivity contribution in [3.8, 4) is 5.75 Å². The fourth-order valence-corrected chi connectivity index (χ4v) is 2.61. The Balaban J connectivity index is 3.12. The van der Waals surface area contributed by atoms with E-state index in [0.29, 0.717) is 0 Å². The molecule has 18 heavy (non-hydrogen) atoms. The molecule has 1 aromatic rings. The van der Waals surface area contributed by atoms with Gasteiger partial charge in [0, 0.05) is 0 Å². The van der Waals surface area contributed by atoms with E-state index >= 15 is 0 Å². The van der Waals surface area contributed by atoms with Crippen LogP contribution >= 0.6 is 0 Å². The summed E-state index contributed by atoms with van der Waals surface area (Å²) in [7, 11) is -1.80. The summed E-state index contributed by atoms with van der Waals surface area (Å²) in [6, 6.07) is 3.97. The third-order valence-electron chi connectivity index (χ3n) is 3.76. The Morgan fingerprint density at radius 3 is 1.89 bits per heavy atom. The molecular formula is C15H23NOSi. The van der Waals surface area contributed by atoms with Crippen molar-refractivity contribution in [2.75, 3.05) is 0 Å². The zero-order valence-electron chi connectivity index (χ0n) is 12.5. The van der Waals surface area contributed by atoms with Crippen molar-refractivity contribution in [3.63, 3.8) is 0 Å². The smallest absolute Gasteiger partial charge is 0.250 e. The molecule has 0 fully saturated rings. The van der Waals surface area contributed by atoms with Gasteiger partial charge < -0.3 is 4.43 Å². The topological polar surface area (TPSA) is 13.6 Å². The number of nitrogens with zero attached hydrogens (tertiary/aromatic N) is 1. The van der Waals surface area contributed by atoms with Crippen LogP contribution in [0.2, 0.25) is 18.1 Å². The second-order valence-electron chi connectivity index (χ2n) is 6.38. The molecule has 0 saturated carbocycles. The maximum Gasteiger partial charge on any atom is 0.250 e. The van der Waals surface area contributed by atoms with Gasteiger partial charge in [0.15, 0.2) is 5.69 Å². The van der Waals surface area contributed by atoms with Gasteiger partial charge >= 0.3 is 0 Å². The van der Waals surface area contributed by atoms with E-state index in [9.17, 15) is 0 Å². The van der Waals surface area contributed by atoms with Crippen molar-refractivity contribution in [2.45, 2.75) is 52.8 Å². The van der Waals surface area contributed by atoms with Gasteiger partial charge in [-0.3, -0.25) is 0 Å². The van der Waals surface area contributed by atoms with Crippen LogP contribution in [0.25, 0.3) is 4.85 Å². The highest BCUT2D eigenvalue weighted by Crippen LogP contribution is 2.38. The maximum atomic E-state index is 7.17. The van der Waals surface area contributed by atoms with Crippen molar-refractivity contribution in [2.24, 2.45) is 0 Å². The Morgan fingerprint density at radius 2 is 1.56 bits per heavy atom. The third-order valence-corrected chi connectivity index (χ3v) is 8.11. The Kier molecular flexibility index (Phi) is 3.92. The van der Waals surface area contributed by atoms with Crippen molar-refractivity contribution >= 4 is 14.0 Å². The first-order valence-corrected chi connectivity index (χ1v) is 9.17. The maximum absolute atomic E-state index is 7.17. The molecule has 0 N–H and O–H groups in total. The van der Waals surface area contributed by atoms with Crippen LogP contribution in [0.4, 0.5) is 5.69 Å². The first-order chi connectivity index (χ1) is 8.08. The average Bonchev–Trinajstić information content (AvgIpc) is 2.14. The molecule has 0 spiro atoms. The molecule has 0 aliphatic carbocycles. The van der Waals surface area contributed by atoms with E-state index in [-0.39, 0.29) is 5.04 Å². The minimum Gasteiger partial charge on any atom is -0.544 e. The van der Waals surface area contributed by atoms with Crippen LogP contribution in [0.1, 0.15) is 31.9 Å². The molecule has 0 unspecified atom stereocenters. The van der Waals surface area contributed by atoms with Crippen LogP contribution in [0.5, 0.6) is 5.75 Å².